The highest BCUT2D eigenvalue weighted by Gasteiger charge is 2.54. The van der Waals surface area contributed by atoms with Crippen LogP contribution in [0.15, 0.2) is 12.7 Å². The van der Waals surface area contributed by atoms with Gasteiger partial charge in [0.05, 0.1) is 24.5 Å². The van der Waals surface area contributed by atoms with E-state index in [4.69, 9.17) is 9.05 Å². The van der Waals surface area contributed by atoms with Gasteiger partial charge in [0.25, 0.3) is 0 Å². The van der Waals surface area contributed by atoms with Crippen molar-refractivity contribution in [2.24, 2.45) is 5.92 Å². The van der Waals surface area contributed by atoms with Gasteiger partial charge >= 0.3 is 7.60 Å². The van der Waals surface area contributed by atoms with E-state index < -0.39 is 18.9 Å². The molecule has 0 saturated heterocycles. The first kappa shape index (κ1) is 15.9. The molecule has 0 heterocycles. The first-order valence-electron chi connectivity index (χ1n) is 6.68. The van der Waals surface area contributed by atoms with Crippen LogP contribution in [0, 0.1) is 5.92 Å². The van der Waals surface area contributed by atoms with E-state index in [-0.39, 0.29) is 5.92 Å². The van der Waals surface area contributed by atoms with Gasteiger partial charge in [-0.15, -0.1) is 6.58 Å². The largest absolute Gasteiger partial charge is 0.388 e. The Bertz CT molecular complexity index is 321. The van der Waals surface area contributed by atoms with E-state index in [0.29, 0.717) is 26.1 Å². The summed E-state index contributed by atoms with van der Waals surface area (Å²) in [5.74, 6) is -0.126. The van der Waals surface area contributed by atoms with Crippen molar-refractivity contribution in [1.29, 1.82) is 0 Å². The SMILES string of the molecule is C=CC(C)[C@@]1(O)CCC[C@@H]1P(=O)(OCC)OCC. The van der Waals surface area contributed by atoms with Crippen LogP contribution in [-0.4, -0.2) is 29.6 Å². The van der Waals surface area contributed by atoms with E-state index in [1.807, 2.05) is 6.92 Å². The van der Waals surface area contributed by atoms with Crippen LogP contribution in [-0.2, 0) is 13.6 Å². The topological polar surface area (TPSA) is 55.8 Å². The number of hydrogen-bond acceptors (Lipinski definition) is 4. The molecule has 1 N–H and O–H groups in total. The second-order valence-electron chi connectivity index (χ2n) is 4.80. The van der Waals surface area contributed by atoms with Gasteiger partial charge in [0.1, 0.15) is 0 Å². The average molecular weight is 276 g/mol. The zero-order valence-corrected chi connectivity index (χ0v) is 12.5. The van der Waals surface area contributed by atoms with Crippen molar-refractivity contribution in [3.05, 3.63) is 12.7 Å². The summed E-state index contributed by atoms with van der Waals surface area (Å²) >= 11 is 0. The first-order valence-corrected chi connectivity index (χ1v) is 8.29. The molecular formula is C13H25O4P. The molecule has 0 aromatic carbocycles. The van der Waals surface area contributed by atoms with Crippen LogP contribution in [0.5, 0.6) is 0 Å². The van der Waals surface area contributed by atoms with E-state index >= 15 is 0 Å². The molecule has 1 fully saturated rings. The molecule has 106 valence electrons. The third-order valence-corrected chi connectivity index (χ3v) is 6.48. The smallest absolute Gasteiger partial charge is 0.336 e. The summed E-state index contributed by atoms with van der Waals surface area (Å²) in [5, 5.41) is 10.8. The third kappa shape index (κ3) is 2.88. The minimum atomic E-state index is -3.25. The number of rotatable bonds is 7. The standard InChI is InChI=1S/C13H25O4P/c1-5-11(4)13(14)10-8-9-12(13)18(15,16-6-2)17-7-3/h5,11-12,14H,1,6-10H2,2-4H3/t11?,12-,13-/m0/s1. The summed E-state index contributed by atoms with van der Waals surface area (Å²) < 4.78 is 23.6. The van der Waals surface area contributed by atoms with E-state index in [0.717, 1.165) is 6.42 Å². The summed E-state index contributed by atoms with van der Waals surface area (Å²) in [7, 11) is -3.25. The van der Waals surface area contributed by atoms with E-state index in [1.165, 1.54) is 0 Å². The van der Waals surface area contributed by atoms with E-state index in [2.05, 4.69) is 6.58 Å². The summed E-state index contributed by atoms with van der Waals surface area (Å²) in [6, 6.07) is 0. The van der Waals surface area contributed by atoms with Gasteiger partial charge in [0.15, 0.2) is 0 Å². The predicted molar refractivity (Wildman–Crippen MR) is 72.8 cm³/mol. The Morgan fingerprint density at radius 1 is 1.50 bits per heavy atom. The van der Waals surface area contributed by atoms with Gasteiger partial charge in [-0.25, -0.2) is 0 Å². The Morgan fingerprint density at radius 2 is 2.06 bits per heavy atom. The maximum atomic E-state index is 12.8. The minimum Gasteiger partial charge on any atom is -0.388 e. The van der Waals surface area contributed by atoms with Crippen LogP contribution < -0.4 is 0 Å². The molecule has 1 saturated carbocycles. The van der Waals surface area contributed by atoms with Crippen molar-refractivity contribution < 1.29 is 18.7 Å². The molecule has 0 aromatic heterocycles. The Morgan fingerprint density at radius 3 is 2.50 bits per heavy atom. The molecule has 1 aliphatic carbocycles. The van der Waals surface area contributed by atoms with Gasteiger partial charge in [-0.05, 0) is 33.1 Å². The molecule has 1 unspecified atom stereocenters. The Balaban J connectivity index is 3.03. The lowest BCUT2D eigenvalue weighted by atomic mass is 9.87. The van der Waals surface area contributed by atoms with E-state index in [9.17, 15) is 9.67 Å². The Hall–Kier alpha value is -0.150. The molecule has 3 atom stereocenters. The van der Waals surface area contributed by atoms with Gasteiger partial charge in [0.2, 0.25) is 0 Å². The average Bonchev–Trinajstić information content (AvgIpc) is 2.73. The monoisotopic (exact) mass is 276 g/mol. The molecule has 1 aliphatic rings. The maximum Gasteiger partial charge on any atom is 0.336 e. The van der Waals surface area contributed by atoms with Crippen molar-refractivity contribution in [2.75, 3.05) is 13.2 Å². The molecule has 0 aliphatic heterocycles. The van der Waals surface area contributed by atoms with E-state index in [1.54, 1.807) is 19.9 Å². The second kappa shape index (κ2) is 6.33. The second-order valence-corrected chi connectivity index (χ2v) is 7.02. The zero-order chi connectivity index (χ0) is 13.8. The van der Waals surface area contributed by atoms with Crippen LogP contribution in [0.3, 0.4) is 0 Å². The quantitative estimate of drug-likeness (QED) is 0.572. The Kier molecular flexibility index (Phi) is 5.60. The number of hydrogen-bond donors (Lipinski definition) is 1. The molecule has 0 amide bonds. The molecule has 18 heavy (non-hydrogen) atoms. The molecule has 4 nitrogen and oxygen atoms in total. The lowest BCUT2D eigenvalue weighted by Gasteiger charge is -2.37. The molecular weight excluding hydrogens is 251 g/mol. The van der Waals surface area contributed by atoms with Gasteiger partial charge in [-0.2, -0.15) is 0 Å². The molecule has 1 rings (SSSR count). The zero-order valence-electron chi connectivity index (χ0n) is 11.6. The van der Waals surface area contributed by atoms with Gasteiger partial charge in [0, 0.05) is 5.92 Å². The molecule has 0 bridgehead atoms. The van der Waals surface area contributed by atoms with Crippen LogP contribution in [0.25, 0.3) is 0 Å². The highest BCUT2D eigenvalue weighted by molar-refractivity contribution is 7.54. The van der Waals surface area contributed by atoms with Gasteiger partial charge < -0.3 is 14.2 Å². The summed E-state index contributed by atoms with van der Waals surface area (Å²) in [4.78, 5) is 0. The highest BCUT2D eigenvalue weighted by atomic mass is 31.2. The van der Waals surface area contributed by atoms with Gasteiger partial charge in [-0.3, -0.25) is 4.57 Å². The number of aliphatic hydroxyl groups is 1. The first-order chi connectivity index (χ1) is 8.44. The lowest BCUT2D eigenvalue weighted by molar-refractivity contribution is 0.00728. The normalized spacial score (nSPS) is 30.3. The summed E-state index contributed by atoms with van der Waals surface area (Å²) in [6.07, 6.45) is 3.84. The fourth-order valence-corrected chi connectivity index (χ4v) is 5.30. The fraction of sp³-hybridized carbons (Fsp3) is 0.846. The van der Waals surface area contributed by atoms with Crippen molar-refractivity contribution in [1.82, 2.24) is 0 Å². The molecule has 0 spiro atoms. The third-order valence-electron chi connectivity index (χ3n) is 3.77. The van der Waals surface area contributed by atoms with Crippen LogP contribution in [0.2, 0.25) is 0 Å². The van der Waals surface area contributed by atoms with Gasteiger partial charge in [-0.1, -0.05) is 13.0 Å². The summed E-state index contributed by atoms with van der Waals surface area (Å²) in [5.41, 5.74) is -1.47. The Labute approximate surface area is 110 Å². The highest BCUT2D eigenvalue weighted by Crippen LogP contribution is 2.62. The van der Waals surface area contributed by atoms with Crippen LogP contribution >= 0.6 is 7.60 Å². The van der Waals surface area contributed by atoms with Crippen molar-refractivity contribution in [2.45, 2.75) is 51.3 Å². The predicted octanol–water partition coefficient (Wildman–Crippen LogP) is 3.36. The minimum absolute atomic E-state index is 0.126. The maximum absolute atomic E-state index is 12.8. The van der Waals surface area contributed by atoms with Crippen molar-refractivity contribution in [3.8, 4) is 0 Å². The molecule has 5 heteroatoms. The van der Waals surface area contributed by atoms with Crippen molar-refractivity contribution in [3.63, 3.8) is 0 Å². The fourth-order valence-electron chi connectivity index (χ4n) is 2.74. The van der Waals surface area contributed by atoms with Crippen LogP contribution in [0.1, 0.15) is 40.0 Å². The molecule has 0 radical (unpaired) electrons. The van der Waals surface area contributed by atoms with Crippen molar-refractivity contribution >= 4 is 7.60 Å². The lowest BCUT2D eigenvalue weighted by Crippen LogP contribution is -2.43. The summed E-state index contributed by atoms with van der Waals surface area (Å²) in [6.45, 7) is 9.85. The molecule has 0 aromatic rings. The van der Waals surface area contributed by atoms with Crippen LogP contribution in [0.4, 0.5) is 0 Å².